The van der Waals surface area contributed by atoms with Crippen LogP contribution in [0.1, 0.15) is 33.1 Å². The first-order chi connectivity index (χ1) is 5.81. The van der Waals surface area contributed by atoms with Gasteiger partial charge in [0, 0.05) is 6.61 Å². The Hall–Kier alpha value is -0.630. The number of ether oxygens (including phenoxy) is 1. The van der Waals surface area contributed by atoms with Gasteiger partial charge in [0.05, 0.1) is 6.61 Å². The Labute approximate surface area is 74.6 Å². The molecule has 0 unspecified atom stereocenters. The third kappa shape index (κ3) is 7.48. The van der Waals surface area contributed by atoms with Gasteiger partial charge in [-0.25, -0.2) is 0 Å². The molecule has 12 heavy (non-hydrogen) atoms. The highest BCUT2D eigenvalue weighted by Crippen LogP contribution is 1.94. The first-order valence-corrected chi connectivity index (χ1v) is 4.51. The molecule has 0 saturated carbocycles. The van der Waals surface area contributed by atoms with E-state index in [2.05, 4.69) is 6.92 Å². The molecule has 2 nitrogen and oxygen atoms in total. The van der Waals surface area contributed by atoms with Crippen molar-refractivity contribution in [2.24, 2.45) is 0 Å². The lowest BCUT2D eigenvalue weighted by Gasteiger charge is -1.99. The number of rotatable bonds is 7. The van der Waals surface area contributed by atoms with Crippen LogP contribution in [0.15, 0.2) is 11.6 Å². The number of carbonyl (C=O) groups is 1. The largest absolute Gasteiger partial charge is 0.377 e. The van der Waals surface area contributed by atoms with Gasteiger partial charge < -0.3 is 4.74 Å². The molecule has 0 aromatic heterocycles. The third-order valence-electron chi connectivity index (χ3n) is 1.60. The fraction of sp³-hybridized carbons (Fsp3) is 0.700. The molecule has 0 aliphatic rings. The van der Waals surface area contributed by atoms with Crippen LogP contribution in [0.4, 0.5) is 0 Å². The molecule has 0 aromatic rings. The van der Waals surface area contributed by atoms with Gasteiger partial charge in [-0.3, -0.25) is 4.79 Å². The normalized spacial score (nSPS) is 11.7. The number of aldehydes is 1. The van der Waals surface area contributed by atoms with Crippen LogP contribution >= 0.6 is 0 Å². The van der Waals surface area contributed by atoms with E-state index in [9.17, 15) is 4.79 Å². The van der Waals surface area contributed by atoms with E-state index in [1.807, 2.05) is 0 Å². The Kier molecular flexibility index (Phi) is 8.02. The lowest BCUT2D eigenvalue weighted by Crippen LogP contribution is -1.95. The minimum Gasteiger partial charge on any atom is -0.377 e. The van der Waals surface area contributed by atoms with Crippen LogP contribution in [0.5, 0.6) is 0 Å². The van der Waals surface area contributed by atoms with E-state index in [1.54, 1.807) is 13.0 Å². The average molecular weight is 170 g/mol. The fourth-order valence-corrected chi connectivity index (χ4v) is 0.776. The second-order valence-corrected chi connectivity index (χ2v) is 2.85. The summed E-state index contributed by atoms with van der Waals surface area (Å²) in [5.41, 5.74) is 0.741. The Balaban J connectivity index is 3.15. The fourth-order valence-electron chi connectivity index (χ4n) is 0.776. The molecule has 0 heterocycles. The second kappa shape index (κ2) is 8.47. The van der Waals surface area contributed by atoms with Gasteiger partial charge in [0.1, 0.15) is 6.29 Å². The van der Waals surface area contributed by atoms with Crippen molar-refractivity contribution in [2.75, 3.05) is 13.2 Å². The van der Waals surface area contributed by atoms with E-state index in [-0.39, 0.29) is 0 Å². The van der Waals surface area contributed by atoms with Gasteiger partial charge in [-0.1, -0.05) is 25.8 Å². The molecule has 0 N–H and O–H groups in total. The van der Waals surface area contributed by atoms with Crippen LogP contribution in [-0.2, 0) is 9.53 Å². The van der Waals surface area contributed by atoms with Gasteiger partial charge in [0.2, 0.25) is 0 Å². The lowest BCUT2D eigenvalue weighted by atomic mass is 10.3. The molecule has 0 aliphatic carbocycles. The number of carbonyl (C=O) groups excluding carboxylic acids is 1. The number of unbranched alkanes of at least 4 members (excludes halogenated alkanes) is 2. The molecule has 0 amide bonds. The molecule has 0 fully saturated rings. The molecule has 70 valence electrons. The summed E-state index contributed by atoms with van der Waals surface area (Å²) in [6.45, 7) is 5.31. The SMILES string of the molecule is CCCCCOC/C=C(\C)C=O. The van der Waals surface area contributed by atoms with Crippen LogP contribution in [0.25, 0.3) is 0 Å². The Morgan fingerprint density at radius 2 is 2.17 bits per heavy atom. The molecule has 0 aliphatic heterocycles. The molecule has 2 heteroatoms. The van der Waals surface area contributed by atoms with Crippen LogP contribution in [0.3, 0.4) is 0 Å². The smallest absolute Gasteiger partial charge is 0.145 e. The van der Waals surface area contributed by atoms with Crippen molar-refractivity contribution < 1.29 is 9.53 Å². The van der Waals surface area contributed by atoms with Crippen molar-refractivity contribution in [2.45, 2.75) is 33.1 Å². The maximum atomic E-state index is 10.1. The summed E-state index contributed by atoms with van der Waals surface area (Å²) in [7, 11) is 0. The molecule has 0 rings (SSSR count). The van der Waals surface area contributed by atoms with E-state index in [0.29, 0.717) is 6.61 Å². The molecular weight excluding hydrogens is 152 g/mol. The van der Waals surface area contributed by atoms with E-state index in [4.69, 9.17) is 4.74 Å². The molecule has 0 aromatic carbocycles. The van der Waals surface area contributed by atoms with Crippen molar-refractivity contribution in [3.8, 4) is 0 Å². The molecule has 0 spiro atoms. The zero-order valence-electron chi connectivity index (χ0n) is 8.01. The highest BCUT2D eigenvalue weighted by molar-refractivity contribution is 5.71. The van der Waals surface area contributed by atoms with Crippen molar-refractivity contribution >= 4 is 6.29 Å². The Bertz CT molecular complexity index is 139. The monoisotopic (exact) mass is 170 g/mol. The van der Waals surface area contributed by atoms with E-state index >= 15 is 0 Å². The molecular formula is C10H18O2. The van der Waals surface area contributed by atoms with Crippen molar-refractivity contribution in [1.29, 1.82) is 0 Å². The summed E-state index contributed by atoms with van der Waals surface area (Å²) in [5.74, 6) is 0. The molecule has 0 radical (unpaired) electrons. The van der Waals surface area contributed by atoms with Crippen molar-refractivity contribution in [3.63, 3.8) is 0 Å². The highest BCUT2D eigenvalue weighted by atomic mass is 16.5. The first kappa shape index (κ1) is 11.4. The topological polar surface area (TPSA) is 26.3 Å². The first-order valence-electron chi connectivity index (χ1n) is 4.51. The van der Waals surface area contributed by atoms with E-state index in [1.165, 1.54) is 12.8 Å². The minimum absolute atomic E-state index is 0.564. The molecule has 0 bridgehead atoms. The van der Waals surface area contributed by atoms with Crippen LogP contribution in [0, 0.1) is 0 Å². The zero-order valence-corrected chi connectivity index (χ0v) is 8.01. The maximum Gasteiger partial charge on any atom is 0.145 e. The number of hydrogen-bond donors (Lipinski definition) is 0. The zero-order chi connectivity index (χ0) is 9.23. The number of hydrogen-bond acceptors (Lipinski definition) is 2. The van der Waals surface area contributed by atoms with Crippen LogP contribution in [0.2, 0.25) is 0 Å². The average Bonchev–Trinajstić information content (AvgIpc) is 2.10. The van der Waals surface area contributed by atoms with E-state index < -0.39 is 0 Å². The summed E-state index contributed by atoms with van der Waals surface area (Å²) < 4.78 is 5.27. The summed E-state index contributed by atoms with van der Waals surface area (Å²) >= 11 is 0. The van der Waals surface area contributed by atoms with Gasteiger partial charge >= 0.3 is 0 Å². The standard InChI is InChI=1S/C10H18O2/c1-3-4-5-7-12-8-6-10(2)9-11/h6,9H,3-5,7-8H2,1-2H3/b10-6+. The van der Waals surface area contributed by atoms with Crippen molar-refractivity contribution in [1.82, 2.24) is 0 Å². The highest BCUT2D eigenvalue weighted by Gasteiger charge is 1.87. The summed E-state index contributed by atoms with van der Waals surface area (Å²) in [4.78, 5) is 10.1. The summed E-state index contributed by atoms with van der Waals surface area (Å²) in [6.07, 6.45) is 6.20. The third-order valence-corrected chi connectivity index (χ3v) is 1.60. The van der Waals surface area contributed by atoms with Gasteiger partial charge in [-0.2, -0.15) is 0 Å². The lowest BCUT2D eigenvalue weighted by molar-refractivity contribution is -0.104. The second-order valence-electron chi connectivity index (χ2n) is 2.85. The molecule has 0 saturated heterocycles. The summed E-state index contributed by atoms with van der Waals surface area (Å²) in [6, 6.07) is 0. The van der Waals surface area contributed by atoms with Crippen LogP contribution < -0.4 is 0 Å². The maximum absolute atomic E-state index is 10.1. The summed E-state index contributed by atoms with van der Waals surface area (Å²) in [5, 5.41) is 0. The van der Waals surface area contributed by atoms with Crippen LogP contribution in [-0.4, -0.2) is 19.5 Å². The van der Waals surface area contributed by atoms with Gasteiger partial charge in [-0.05, 0) is 18.9 Å². The Morgan fingerprint density at radius 1 is 1.42 bits per heavy atom. The van der Waals surface area contributed by atoms with Gasteiger partial charge in [0.25, 0.3) is 0 Å². The predicted octanol–water partition coefficient (Wildman–Crippen LogP) is 2.34. The Morgan fingerprint density at radius 3 is 2.75 bits per heavy atom. The van der Waals surface area contributed by atoms with Gasteiger partial charge in [0.15, 0.2) is 0 Å². The van der Waals surface area contributed by atoms with Crippen molar-refractivity contribution in [3.05, 3.63) is 11.6 Å². The van der Waals surface area contributed by atoms with Gasteiger partial charge in [-0.15, -0.1) is 0 Å². The predicted molar refractivity (Wildman–Crippen MR) is 50.2 cm³/mol. The molecule has 0 atom stereocenters. The minimum atomic E-state index is 0.564. The number of allylic oxidation sites excluding steroid dienone is 1. The van der Waals surface area contributed by atoms with E-state index in [0.717, 1.165) is 24.9 Å². The quantitative estimate of drug-likeness (QED) is 0.333.